The van der Waals surface area contributed by atoms with Crippen LogP contribution in [0.3, 0.4) is 0 Å². The van der Waals surface area contributed by atoms with Crippen molar-refractivity contribution in [2.24, 2.45) is 0 Å². The fraction of sp³-hybridized carbons (Fsp3) is 0.263. The maximum absolute atomic E-state index is 13.6. The van der Waals surface area contributed by atoms with Crippen molar-refractivity contribution in [3.05, 3.63) is 70.2 Å². The number of rotatable bonds is 7. The van der Waals surface area contributed by atoms with Crippen LogP contribution in [-0.4, -0.2) is 43.9 Å². The van der Waals surface area contributed by atoms with Gasteiger partial charge in [0.25, 0.3) is 5.91 Å². The summed E-state index contributed by atoms with van der Waals surface area (Å²) in [6, 6.07) is 9.78. The van der Waals surface area contributed by atoms with Gasteiger partial charge in [0.05, 0.1) is 18.2 Å². The predicted octanol–water partition coefficient (Wildman–Crippen LogP) is 2.77. The van der Waals surface area contributed by atoms with Gasteiger partial charge in [0.15, 0.2) is 0 Å². The zero-order chi connectivity index (χ0) is 20.0. The number of hydrogen-bond donors (Lipinski definition) is 2. The Morgan fingerprint density at radius 2 is 1.81 bits per heavy atom. The smallest absolute Gasteiger partial charge is 0.254 e. The third-order valence-electron chi connectivity index (χ3n) is 3.97. The van der Waals surface area contributed by atoms with Crippen molar-refractivity contribution < 1.29 is 18.4 Å². The number of nitrogens with zero attached hydrogens (tertiary/aromatic N) is 1. The van der Waals surface area contributed by atoms with Gasteiger partial charge < -0.3 is 15.5 Å². The molecule has 2 aromatic carbocycles. The first-order valence-electron chi connectivity index (χ1n) is 8.20. The van der Waals surface area contributed by atoms with Gasteiger partial charge in [0.1, 0.15) is 11.6 Å². The number of halogens is 3. The molecule has 1 atom stereocenters. The zero-order valence-electron chi connectivity index (χ0n) is 14.9. The highest BCUT2D eigenvalue weighted by Gasteiger charge is 2.18. The number of carbonyl (C=O) groups is 2. The number of benzene rings is 2. The second-order valence-corrected chi connectivity index (χ2v) is 6.52. The Morgan fingerprint density at radius 1 is 1.11 bits per heavy atom. The van der Waals surface area contributed by atoms with Gasteiger partial charge in [-0.05, 0) is 37.9 Å². The molecule has 0 saturated carbocycles. The van der Waals surface area contributed by atoms with Crippen LogP contribution in [0.2, 0.25) is 5.02 Å². The number of nitrogens with one attached hydrogen (secondary N) is 2. The van der Waals surface area contributed by atoms with Gasteiger partial charge in [-0.1, -0.05) is 29.8 Å². The molecule has 0 bridgehead atoms. The molecular formula is C19H20ClF2N3O2. The molecule has 0 aromatic heterocycles. The van der Waals surface area contributed by atoms with E-state index in [4.69, 9.17) is 11.6 Å². The Bertz CT molecular complexity index is 830. The molecule has 27 heavy (non-hydrogen) atoms. The highest BCUT2D eigenvalue weighted by molar-refractivity contribution is 6.31. The topological polar surface area (TPSA) is 61.4 Å². The summed E-state index contributed by atoms with van der Waals surface area (Å²) in [6.45, 7) is -0.0608. The fourth-order valence-electron chi connectivity index (χ4n) is 2.52. The number of carbonyl (C=O) groups excluding carboxylic acids is 2. The van der Waals surface area contributed by atoms with Crippen molar-refractivity contribution in [3.8, 4) is 0 Å². The normalized spacial score (nSPS) is 11.9. The van der Waals surface area contributed by atoms with Crippen molar-refractivity contribution in [1.82, 2.24) is 15.5 Å². The van der Waals surface area contributed by atoms with Crippen LogP contribution in [0.1, 0.15) is 22.0 Å². The number of amides is 2. The van der Waals surface area contributed by atoms with Gasteiger partial charge >= 0.3 is 0 Å². The van der Waals surface area contributed by atoms with Crippen molar-refractivity contribution in [3.63, 3.8) is 0 Å². The second-order valence-electron chi connectivity index (χ2n) is 6.11. The third-order valence-corrected chi connectivity index (χ3v) is 4.31. The van der Waals surface area contributed by atoms with Crippen LogP contribution in [0.15, 0.2) is 42.5 Å². The molecular weight excluding hydrogens is 376 g/mol. The van der Waals surface area contributed by atoms with Crippen LogP contribution in [0.5, 0.6) is 0 Å². The Hall–Kier alpha value is -2.51. The molecule has 2 amide bonds. The first kappa shape index (κ1) is 20.8. The lowest BCUT2D eigenvalue weighted by atomic mass is 10.1. The van der Waals surface area contributed by atoms with E-state index in [0.717, 1.165) is 17.7 Å². The Kier molecular flexibility index (Phi) is 7.27. The van der Waals surface area contributed by atoms with E-state index in [9.17, 15) is 18.4 Å². The molecule has 0 spiro atoms. The van der Waals surface area contributed by atoms with Gasteiger partial charge in [-0.15, -0.1) is 0 Å². The van der Waals surface area contributed by atoms with Gasteiger partial charge in [0.2, 0.25) is 5.91 Å². The minimum atomic E-state index is -0.987. The SMILES string of the molecule is CN(C)C(CNC(=O)CNC(=O)c1ccc(F)cc1F)c1ccccc1Cl. The lowest BCUT2D eigenvalue weighted by molar-refractivity contribution is -0.120. The highest BCUT2D eigenvalue weighted by Crippen LogP contribution is 2.25. The molecule has 0 aliphatic rings. The molecule has 0 heterocycles. The quantitative estimate of drug-likeness (QED) is 0.757. The van der Waals surface area contributed by atoms with Crippen LogP contribution in [0, 0.1) is 11.6 Å². The Labute approximate surface area is 161 Å². The summed E-state index contributed by atoms with van der Waals surface area (Å²) in [6.07, 6.45) is 0. The number of likely N-dealkylation sites (N-methyl/N-ethyl adjacent to an activating group) is 1. The van der Waals surface area contributed by atoms with Crippen LogP contribution < -0.4 is 10.6 Å². The summed E-state index contributed by atoms with van der Waals surface area (Å²) in [7, 11) is 3.72. The summed E-state index contributed by atoms with van der Waals surface area (Å²) in [5, 5.41) is 5.61. The van der Waals surface area contributed by atoms with E-state index in [1.54, 1.807) is 6.07 Å². The van der Waals surface area contributed by atoms with E-state index in [1.165, 1.54) is 0 Å². The molecule has 144 valence electrons. The average Bonchev–Trinajstić information content (AvgIpc) is 2.61. The fourth-order valence-corrected chi connectivity index (χ4v) is 2.78. The molecule has 0 saturated heterocycles. The third kappa shape index (κ3) is 5.74. The largest absolute Gasteiger partial charge is 0.353 e. The van der Waals surface area contributed by atoms with E-state index in [2.05, 4.69) is 10.6 Å². The summed E-state index contributed by atoms with van der Waals surface area (Å²) >= 11 is 6.22. The summed E-state index contributed by atoms with van der Waals surface area (Å²) in [5.74, 6) is -3.00. The maximum atomic E-state index is 13.6. The molecule has 2 rings (SSSR count). The standard InChI is InChI=1S/C19H20ClF2N3O2/c1-25(2)17(13-5-3-4-6-15(13)20)10-23-18(26)11-24-19(27)14-8-7-12(21)9-16(14)22/h3-9,17H,10-11H2,1-2H3,(H,23,26)(H,24,27). The van der Waals surface area contributed by atoms with Crippen LogP contribution in [-0.2, 0) is 4.79 Å². The molecule has 0 radical (unpaired) electrons. The highest BCUT2D eigenvalue weighted by atomic mass is 35.5. The van der Waals surface area contributed by atoms with Gasteiger partial charge in [-0.2, -0.15) is 0 Å². The lowest BCUT2D eigenvalue weighted by Crippen LogP contribution is -2.40. The van der Waals surface area contributed by atoms with E-state index < -0.39 is 23.4 Å². The monoisotopic (exact) mass is 395 g/mol. The first-order chi connectivity index (χ1) is 12.8. The van der Waals surface area contributed by atoms with Crippen LogP contribution >= 0.6 is 11.6 Å². The molecule has 2 aromatic rings. The summed E-state index contributed by atoms with van der Waals surface area (Å²) < 4.78 is 26.5. The maximum Gasteiger partial charge on any atom is 0.254 e. The minimum Gasteiger partial charge on any atom is -0.353 e. The van der Waals surface area contributed by atoms with E-state index in [1.807, 2.05) is 37.2 Å². The summed E-state index contributed by atoms with van der Waals surface area (Å²) in [5.41, 5.74) is 0.535. The Balaban J connectivity index is 1.91. The van der Waals surface area contributed by atoms with Gasteiger partial charge in [-0.25, -0.2) is 8.78 Å². The number of hydrogen-bond acceptors (Lipinski definition) is 3. The molecule has 0 aliphatic heterocycles. The second kappa shape index (κ2) is 9.43. The molecule has 5 nitrogen and oxygen atoms in total. The molecule has 0 fully saturated rings. The van der Waals surface area contributed by atoms with Gasteiger partial charge in [0, 0.05) is 17.6 Å². The zero-order valence-corrected chi connectivity index (χ0v) is 15.7. The van der Waals surface area contributed by atoms with Crippen molar-refractivity contribution in [2.75, 3.05) is 27.2 Å². The first-order valence-corrected chi connectivity index (χ1v) is 8.58. The van der Waals surface area contributed by atoms with Crippen molar-refractivity contribution >= 4 is 23.4 Å². The van der Waals surface area contributed by atoms with Crippen molar-refractivity contribution in [1.29, 1.82) is 0 Å². The molecule has 8 heteroatoms. The lowest BCUT2D eigenvalue weighted by Gasteiger charge is -2.26. The molecule has 1 unspecified atom stereocenters. The Morgan fingerprint density at radius 3 is 2.44 bits per heavy atom. The molecule has 2 N–H and O–H groups in total. The predicted molar refractivity (Wildman–Crippen MR) is 99.6 cm³/mol. The van der Waals surface area contributed by atoms with E-state index in [-0.39, 0.29) is 24.7 Å². The van der Waals surface area contributed by atoms with Crippen LogP contribution in [0.4, 0.5) is 8.78 Å². The minimum absolute atomic E-state index is 0.159. The van der Waals surface area contributed by atoms with Gasteiger partial charge in [-0.3, -0.25) is 9.59 Å². The van der Waals surface area contributed by atoms with E-state index >= 15 is 0 Å². The van der Waals surface area contributed by atoms with Crippen LogP contribution in [0.25, 0.3) is 0 Å². The summed E-state index contributed by atoms with van der Waals surface area (Å²) in [4.78, 5) is 25.9. The average molecular weight is 396 g/mol. The van der Waals surface area contributed by atoms with Crippen molar-refractivity contribution in [2.45, 2.75) is 6.04 Å². The molecule has 0 aliphatic carbocycles. The van der Waals surface area contributed by atoms with E-state index in [0.29, 0.717) is 11.1 Å².